The summed E-state index contributed by atoms with van der Waals surface area (Å²) in [5, 5.41) is 21.3. The summed E-state index contributed by atoms with van der Waals surface area (Å²) in [4.78, 5) is 24.3. The van der Waals surface area contributed by atoms with E-state index in [-0.39, 0.29) is 19.0 Å². The van der Waals surface area contributed by atoms with E-state index < -0.39 is 24.1 Å². The lowest BCUT2D eigenvalue weighted by Gasteiger charge is -2.25. The number of carbonyl (C=O) groups excluding carboxylic acids is 1. The van der Waals surface area contributed by atoms with Crippen LogP contribution >= 0.6 is 0 Å². The summed E-state index contributed by atoms with van der Waals surface area (Å²) in [6, 6.07) is -1.33. The first-order chi connectivity index (χ1) is 8.85. The number of hydrogen-bond donors (Lipinski definition) is 3. The molecule has 1 rings (SSSR count). The van der Waals surface area contributed by atoms with Crippen LogP contribution < -0.4 is 5.32 Å². The third-order valence-corrected chi connectivity index (χ3v) is 3.65. The van der Waals surface area contributed by atoms with Gasteiger partial charge in [0.2, 0.25) is 0 Å². The van der Waals surface area contributed by atoms with Crippen LogP contribution in [-0.2, 0) is 4.79 Å². The molecule has 2 amide bonds. The third-order valence-electron chi connectivity index (χ3n) is 3.65. The van der Waals surface area contributed by atoms with E-state index in [2.05, 4.69) is 19.2 Å². The molecule has 3 N–H and O–H groups in total. The zero-order valence-corrected chi connectivity index (χ0v) is 11.8. The van der Waals surface area contributed by atoms with Gasteiger partial charge in [0.15, 0.2) is 0 Å². The largest absolute Gasteiger partial charge is 0.480 e. The van der Waals surface area contributed by atoms with Crippen LogP contribution in [0.2, 0.25) is 0 Å². The van der Waals surface area contributed by atoms with E-state index in [1.54, 1.807) is 0 Å². The van der Waals surface area contributed by atoms with Gasteiger partial charge >= 0.3 is 12.0 Å². The first kappa shape index (κ1) is 15.8. The third kappa shape index (κ3) is 4.38. The Morgan fingerprint density at radius 1 is 1.42 bits per heavy atom. The number of carbonyl (C=O) groups is 2. The van der Waals surface area contributed by atoms with Crippen molar-refractivity contribution < 1.29 is 19.8 Å². The molecule has 0 aromatic heterocycles. The molecule has 1 heterocycles. The van der Waals surface area contributed by atoms with Gasteiger partial charge in [-0.2, -0.15) is 0 Å². The summed E-state index contributed by atoms with van der Waals surface area (Å²) in [5.41, 5.74) is 0. The van der Waals surface area contributed by atoms with Crippen molar-refractivity contribution in [3.63, 3.8) is 0 Å². The van der Waals surface area contributed by atoms with Gasteiger partial charge in [-0.15, -0.1) is 0 Å². The number of carboxylic acids is 1. The summed E-state index contributed by atoms with van der Waals surface area (Å²) in [6.07, 6.45) is 1.25. The Morgan fingerprint density at radius 3 is 2.58 bits per heavy atom. The molecule has 1 saturated heterocycles. The van der Waals surface area contributed by atoms with Gasteiger partial charge in [-0.05, 0) is 19.3 Å². The second-order valence-electron chi connectivity index (χ2n) is 5.50. The van der Waals surface area contributed by atoms with Crippen LogP contribution in [0.1, 0.15) is 40.0 Å². The van der Waals surface area contributed by atoms with E-state index in [0.29, 0.717) is 5.92 Å². The molecule has 0 aromatic carbocycles. The van der Waals surface area contributed by atoms with E-state index in [1.165, 1.54) is 4.90 Å². The highest BCUT2D eigenvalue weighted by molar-refractivity contribution is 5.83. The Hall–Kier alpha value is -1.30. The SMILES string of the molecule is CCC(C)CC(C)NC(=O)N1CC(O)CC1C(=O)O. The van der Waals surface area contributed by atoms with Gasteiger partial charge < -0.3 is 20.4 Å². The molecular formula is C13H24N2O4. The van der Waals surface area contributed by atoms with Crippen LogP contribution in [0.5, 0.6) is 0 Å². The van der Waals surface area contributed by atoms with Gasteiger partial charge in [0, 0.05) is 19.0 Å². The average molecular weight is 272 g/mol. The fourth-order valence-electron chi connectivity index (χ4n) is 2.40. The molecule has 0 radical (unpaired) electrons. The number of urea groups is 1. The molecule has 110 valence electrons. The molecule has 1 aliphatic rings. The second kappa shape index (κ2) is 6.75. The number of nitrogens with zero attached hydrogens (tertiary/aromatic N) is 1. The lowest BCUT2D eigenvalue weighted by molar-refractivity contribution is -0.141. The molecule has 4 unspecified atom stereocenters. The Morgan fingerprint density at radius 2 is 2.05 bits per heavy atom. The summed E-state index contributed by atoms with van der Waals surface area (Å²) >= 11 is 0. The standard InChI is InChI=1S/C13H24N2O4/c1-4-8(2)5-9(3)14-13(19)15-7-10(16)6-11(15)12(17)18/h8-11,16H,4-7H2,1-3H3,(H,14,19)(H,17,18). The van der Waals surface area contributed by atoms with E-state index in [1.807, 2.05) is 6.92 Å². The summed E-state index contributed by atoms with van der Waals surface area (Å²) in [5.74, 6) is -0.559. The minimum absolute atomic E-state index is 0.00497. The molecule has 4 atom stereocenters. The van der Waals surface area contributed by atoms with E-state index in [4.69, 9.17) is 5.11 Å². The number of β-amino-alcohol motifs (C(OH)–C–C–N with tert-alkyl or cyclic N) is 1. The zero-order valence-electron chi connectivity index (χ0n) is 11.8. The second-order valence-corrected chi connectivity index (χ2v) is 5.50. The van der Waals surface area contributed by atoms with E-state index in [0.717, 1.165) is 12.8 Å². The number of aliphatic carboxylic acids is 1. The molecule has 6 nitrogen and oxygen atoms in total. The zero-order chi connectivity index (χ0) is 14.6. The quantitative estimate of drug-likeness (QED) is 0.697. The Bertz CT molecular complexity index is 335. The summed E-state index contributed by atoms with van der Waals surface area (Å²) < 4.78 is 0. The molecule has 19 heavy (non-hydrogen) atoms. The topological polar surface area (TPSA) is 89.9 Å². The number of amides is 2. The highest BCUT2D eigenvalue weighted by atomic mass is 16.4. The van der Waals surface area contributed by atoms with Crippen LogP contribution in [-0.4, -0.2) is 51.8 Å². The maximum atomic E-state index is 12.0. The average Bonchev–Trinajstić information content (AvgIpc) is 2.71. The van der Waals surface area contributed by atoms with Crippen molar-refractivity contribution in [1.29, 1.82) is 0 Å². The Balaban J connectivity index is 2.54. The number of carboxylic acid groups (broad SMARTS) is 1. The van der Waals surface area contributed by atoms with Gasteiger partial charge in [-0.1, -0.05) is 20.3 Å². The number of hydrogen-bond acceptors (Lipinski definition) is 3. The molecule has 0 aliphatic carbocycles. The maximum Gasteiger partial charge on any atom is 0.326 e. The first-order valence-corrected chi connectivity index (χ1v) is 6.83. The first-order valence-electron chi connectivity index (χ1n) is 6.83. The lowest BCUT2D eigenvalue weighted by atomic mass is 10.0. The Kier molecular flexibility index (Phi) is 5.60. The van der Waals surface area contributed by atoms with Crippen LogP contribution in [0.3, 0.4) is 0 Å². The summed E-state index contributed by atoms with van der Waals surface area (Å²) in [7, 11) is 0. The van der Waals surface area contributed by atoms with Crippen molar-refractivity contribution in [3.05, 3.63) is 0 Å². The number of aliphatic hydroxyl groups is 1. The van der Waals surface area contributed by atoms with Crippen LogP contribution in [0.25, 0.3) is 0 Å². The van der Waals surface area contributed by atoms with E-state index >= 15 is 0 Å². The number of likely N-dealkylation sites (tertiary alicyclic amines) is 1. The van der Waals surface area contributed by atoms with Gasteiger partial charge in [0.05, 0.1) is 6.10 Å². The predicted molar refractivity (Wildman–Crippen MR) is 70.8 cm³/mol. The smallest absolute Gasteiger partial charge is 0.326 e. The minimum atomic E-state index is -1.07. The minimum Gasteiger partial charge on any atom is -0.480 e. The van der Waals surface area contributed by atoms with Crippen molar-refractivity contribution in [2.24, 2.45) is 5.92 Å². The molecule has 0 spiro atoms. The van der Waals surface area contributed by atoms with Gasteiger partial charge in [0.25, 0.3) is 0 Å². The fourth-order valence-corrected chi connectivity index (χ4v) is 2.40. The van der Waals surface area contributed by atoms with Gasteiger partial charge in [-0.3, -0.25) is 0 Å². The Labute approximate surface area is 113 Å². The van der Waals surface area contributed by atoms with Crippen molar-refractivity contribution in [2.45, 2.75) is 58.2 Å². The molecule has 6 heteroatoms. The van der Waals surface area contributed by atoms with Crippen LogP contribution in [0.4, 0.5) is 4.79 Å². The van der Waals surface area contributed by atoms with Crippen molar-refractivity contribution in [3.8, 4) is 0 Å². The maximum absolute atomic E-state index is 12.0. The molecule has 1 fully saturated rings. The molecule has 0 bridgehead atoms. The predicted octanol–water partition coefficient (Wildman–Crippen LogP) is 1.04. The molecule has 1 aliphatic heterocycles. The van der Waals surface area contributed by atoms with Crippen LogP contribution in [0.15, 0.2) is 0 Å². The fraction of sp³-hybridized carbons (Fsp3) is 0.846. The molecular weight excluding hydrogens is 248 g/mol. The number of rotatable bonds is 5. The lowest BCUT2D eigenvalue weighted by Crippen LogP contribution is -2.48. The highest BCUT2D eigenvalue weighted by Crippen LogP contribution is 2.18. The van der Waals surface area contributed by atoms with Gasteiger partial charge in [0.1, 0.15) is 6.04 Å². The normalized spacial score (nSPS) is 26.0. The van der Waals surface area contributed by atoms with Crippen molar-refractivity contribution in [2.75, 3.05) is 6.54 Å². The van der Waals surface area contributed by atoms with Crippen LogP contribution in [0, 0.1) is 5.92 Å². The number of nitrogens with one attached hydrogen (secondary N) is 1. The summed E-state index contributed by atoms with van der Waals surface area (Å²) in [6.45, 7) is 6.20. The van der Waals surface area contributed by atoms with E-state index in [9.17, 15) is 14.7 Å². The van der Waals surface area contributed by atoms with Gasteiger partial charge in [-0.25, -0.2) is 9.59 Å². The van der Waals surface area contributed by atoms with Crippen molar-refractivity contribution >= 4 is 12.0 Å². The molecule has 0 aromatic rings. The molecule has 0 saturated carbocycles. The highest BCUT2D eigenvalue weighted by Gasteiger charge is 2.39. The van der Waals surface area contributed by atoms with Crippen molar-refractivity contribution in [1.82, 2.24) is 10.2 Å². The number of aliphatic hydroxyl groups excluding tert-OH is 1. The monoisotopic (exact) mass is 272 g/mol.